The number of nitrogens with zero attached hydrogens (tertiary/aromatic N) is 3. The zero-order valence-corrected chi connectivity index (χ0v) is 24.4. The summed E-state index contributed by atoms with van der Waals surface area (Å²) < 4.78 is 31.1. The van der Waals surface area contributed by atoms with Crippen molar-refractivity contribution in [2.24, 2.45) is 5.92 Å². The van der Waals surface area contributed by atoms with Gasteiger partial charge in [-0.25, -0.2) is 8.42 Å². The highest BCUT2D eigenvalue weighted by molar-refractivity contribution is 7.92. The zero-order chi connectivity index (χ0) is 28.4. The van der Waals surface area contributed by atoms with Crippen LogP contribution in [0.3, 0.4) is 0 Å². The van der Waals surface area contributed by atoms with Crippen molar-refractivity contribution in [3.8, 4) is 0 Å². The van der Waals surface area contributed by atoms with Gasteiger partial charge in [-0.2, -0.15) is 4.98 Å². The molecule has 3 fully saturated rings. The Bertz CT molecular complexity index is 1420. The summed E-state index contributed by atoms with van der Waals surface area (Å²) in [5.74, 6) is 2.38. The van der Waals surface area contributed by atoms with Crippen molar-refractivity contribution < 1.29 is 17.7 Å². The summed E-state index contributed by atoms with van der Waals surface area (Å²) in [6.07, 6.45) is 9.96. The Balaban J connectivity index is 1.04. The summed E-state index contributed by atoms with van der Waals surface area (Å²) in [6, 6.07) is 18.6. The number of fused-ring (bicyclic) bond motifs is 2. The molecule has 1 amide bonds. The largest absolute Gasteiger partial charge is 0.349 e. The van der Waals surface area contributed by atoms with Crippen LogP contribution in [0, 0.1) is 5.92 Å². The van der Waals surface area contributed by atoms with E-state index in [0.717, 1.165) is 43.5 Å². The summed E-state index contributed by atoms with van der Waals surface area (Å²) in [6.45, 7) is 0.963. The smallest absolute Gasteiger partial charge is 0.229 e. The predicted octanol–water partition coefficient (Wildman–Crippen LogP) is 4.79. The van der Waals surface area contributed by atoms with Crippen molar-refractivity contribution in [3.05, 3.63) is 77.4 Å². The molecular formula is C31H39N5O4S. The molecule has 3 aliphatic rings. The van der Waals surface area contributed by atoms with Gasteiger partial charge in [0.15, 0.2) is 5.82 Å². The average molecular weight is 578 g/mol. The Kier molecular flexibility index (Phi) is 8.12. The van der Waals surface area contributed by atoms with Crippen molar-refractivity contribution in [2.75, 3.05) is 17.5 Å². The van der Waals surface area contributed by atoms with E-state index in [1.165, 1.54) is 31.2 Å². The van der Waals surface area contributed by atoms with Gasteiger partial charge in [0.2, 0.25) is 21.8 Å². The van der Waals surface area contributed by atoms with Gasteiger partial charge in [0.25, 0.3) is 0 Å². The highest BCUT2D eigenvalue weighted by Crippen LogP contribution is 2.43. The summed E-state index contributed by atoms with van der Waals surface area (Å²) in [5, 5.41) is 7.59. The van der Waals surface area contributed by atoms with Crippen molar-refractivity contribution in [2.45, 2.75) is 81.8 Å². The van der Waals surface area contributed by atoms with Crippen LogP contribution in [0.25, 0.3) is 0 Å². The molecule has 3 heterocycles. The van der Waals surface area contributed by atoms with Gasteiger partial charge in [-0.05, 0) is 74.1 Å². The van der Waals surface area contributed by atoms with Gasteiger partial charge in [-0.15, -0.1) is 0 Å². The van der Waals surface area contributed by atoms with E-state index in [9.17, 15) is 13.2 Å². The molecule has 0 radical (unpaired) electrons. The van der Waals surface area contributed by atoms with Crippen molar-refractivity contribution in [3.63, 3.8) is 0 Å². The van der Waals surface area contributed by atoms with E-state index in [1.807, 2.05) is 18.2 Å². The first-order valence-electron chi connectivity index (χ1n) is 14.8. The topological polar surface area (TPSA) is 117 Å². The van der Waals surface area contributed by atoms with Crippen LogP contribution < -0.4 is 10.0 Å². The molecule has 2 aromatic carbocycles. The minimum absolute atomic E-state index is 0.0364. The van der Waals surface area contributed by atoms with E-state index in [1.54, 1.807) is 12.1 Å². The SMILES string of the molecule is CS(=O)(=O)Nc1ccc(Cc2noc(C3C[C@H]4CC[C@@H](C3)N4CC[C@H](NC(=O)CC3CC3)c3ccccc3)n2)cc1. The third kappa shape index (κ3) is 7.35. The number of aromatic nitrogens is 2. The molecule has 6 rings (SSSR count). The molecule has 9 nitrogen and oxygen atoms in total. The third-order valence-electron chi connectivity index (χ3n) is 8.72. The summed E-state index contributed by atoms with van der Waals surface area (Å²) in [5.41, 5.74) is 2.70. The van der Waals surface area contributed by atoms with E-state index in [-0.39, 0.29) is 17.9 Å². The molecule has 2 bridgehead atoms. The number of piperidine rings is 1. The van der Waals surface area contributed by atoms with E-state index < -0.39 is 10.0 Å². The molecule has 218 valence electrons. The summed E-state index contributed by atoms with van der Waals surface area (Å²) in [7, 11) is -3.30. The van der Waals surface area contributed by atoms with Crippen molar-refractivity contribution >= 4 is 21.6 Å². The van der Waals surface area contributed by atoms with Gasteiger partial charge in [-0.3, -0.25) is 14.4 Å². The maximum absolute atomic E-state index is 12.7. The Morgan fingerprint density at radius 2 is 1.73 bits per heavy atom. The number of nitrogens with one attached hydrogen (secondary N) is 2. The number of carbonyl (C=O) groups is 1. The molecule has 2 N–H and O–H groups in total. The number of hydrogen-bond acceptors (Lipinski definition) is 7. The zero-order valence-electron chi connectivity index (χ0n) is 23.5. The lowest BCUT2D eigenvalue weighted by Crippen LogP contribution is -2.44. The minimum atomic E-state index is -3.30. The predicted molar refractivity (Wildman–Crippen MR) is 157 cm³/mol. The molecule has 1 saturated carbocycles. The number of sulfonamides is 1. The fourth-order valence-electron chi connectivity index (χ4n) is 6.56. The number of anilines is 1. The monoisotopic (exact) mass is 577 g/mol. The number of amides is 1. The van der Waals surface area contributed by atoms with Crippen LogP contribution in [0.5, 0.6) is 0 Å². The summed E-state index contributed by atoms with van der Waals surface area (Å²) >= 11 is 0. The second-order valence-corrected chi connectivity index (χ2v) is 13.8. The second-order valence-electron chi connectivity index (χ2n) is 12.1. The second kappa shape index (κ2) is 11.9. The number of rotatable bonds is 12. The molecule has 3 aromatic rings. The number of benzene rings is 2. The van der Waals surface area contributed by atoms with Crippen LogP contribution in [0.4, 0.5) is 5.69 Å². The molecule has 4 atom stereocenters. The van der Waals surface area contributed by atoms with Crippen LogP contribution in [-0.2, 0) is 21.2 Å². The Morgan fingerprint density at radius 1 is 1.02 bits per heavy atom. The van der Waals surface area contributed by atoms with E-state index in [0.29, 0.717) is 42.4 Å². The first kappa shape index (κ1) is 27.9. The lowest BCUT2D eigenvalue weighted by Gasteiger charge is -2.38. The lowest BCUT2D eigenvalue weighted by atomic mass is 9.90. The Morgan fingerprint density at radius 3 is 2.39 bits per heavy atom. The molecule has 41 heavy (non-hydrogen) atoms. The van der Waals surface area contributed by atoms with Crippen LogP contribution in [-0.4, -0.2) is 54.2 Å². The molecule has 2 aliphatic heterocycles. The Hall–Kier alpha value is -3.24. The van der Waals surface area contributed by atoms with E-state index in [4.69, 9.17) is 9.51 Å². The number of hydrogen-bond donors (Lipinski definition) is 2. The molecule has 1 unspecified atom stereocenters. The third-order valence-corrected chi connectivity index (χ3v) is 9.33. The molecular weight excluding hydrogens is 538 g/mol. The average Bonchev–Trinajstić information content (AvgIpc) is 3.58. The van der Waals surface area contributed by atoms with Gasteiger partial charge in [0.1, 0.15) is 0 Å². The fourth-order valence-corrected chi connectivity index (χ4v) is 7.12. The normalized spacial score (nSPS) is 23.3. The van der Waals surface area contributed by atoms with Gasteiger partial charge >= 0.3 is 0 Å². The van der Waals surface area contributed by atoms with Gasteiger partial charge in [0, 0.05) is 43.1 Å². The molecule has 10 heteroatoms. The van der Waals surface area contributed by atoms with Crippen molar-refractivity contribution in [1.29, 1.82) is 0 Å². The minimum Gasteiger partial charge on any atom is -0.349 e. The highest BCUT2D eigenvalue weighted by Gasteiger charge is 2.42. The van der Waals surface area contributed by atoms with Gasteiger partial charge in [-0.1, -0.05) is 47.6 Å². The molecule has 2 saturated heterocycles. The highest BCUT2D eigenvalue weighted by atomic mass is 32.2. The van der Waals surface area contributed by atoms with Crippen LogP contribution in [0.15, 0.2) is 59.1 Å². The van der Waals surface area contributed by atoms with E-state index >= 15 is 0 Å². The summed E-state index contributed by atoms with van der Waals surface area (Å²) in [4.78, 5) is 20.1. The quantitative estimate of drug-likeness (QED) is 0.318. The van der Waals surface area contributed by atoms with Crippen LogP contribution >= 0.6 is 0 Å². The molecule has 0 spiro atoms. The van der Waals surface area contributed by atoms with Crippen molar-refractivity contribution in [1.82, 2.24) is 20.4 Å². The van der Waals surface area contributed by atoms with Crippen LogP contribution in [0.1, 0.15) is 86.2 Å². The number of carbonyl (C=O) groups excluding carboxylic acids is 1. The fraction of sp³-hybridized carbons (Fsp3) is 0.516. The first-order chi connectivity index (χ1) is 19.8. The Labute approximate surface area is 242 Å². The lowest BCUT2D eigenvalue weighted by molar-refractivity contribution is -0.122. The van der Waals surface area contributed by atoms with Crippen LogP contribution in [0.2, 0.25) is 0 Å². The maximum atomic E-state index is 12.7. The standard InChI is InChI=1S/C31H39N5O4S/c1-41(38,39)35-25-11-9-21(10-12-25)17-29-33-31(40-34-29)24-19-26-13-14-27(20-24)36(26)16-15-28(23-5-3-2-4-6-23)32-30(37)18-22-7-8-22/h2-6,9-12,22,24,26-28,35H,7-8,13-20H2,1H3,(H,32,37)/t24?,26-,27+,28-/m0/s1. The van der Waals surface area contributed by atoms with Gasteiger partial charge < -0.3 is 9.84 Å². The maximum Gasteiger partial charge on any atom is 0.229 e. The first-order valence-corrected chi connectivity index (χ1v) is 16.7. The van der Waals surface area contributed by atoms with Gasteiger partial charge in [0.05, 0.1) is 12.3 Å². The van der Waals surface area contributed by atoms with E-state index in [2.05, 4.69) is 44.4 Å². The molecule has 1 aliphatic carbocycles. The molecule has 1 aromatic heterocycles.